The second kappa shape index (κ2) is 9.31. The Morgan fingerprint density at radius 2 is 0.953 bits per heavy atom. The first-order chi connectivity index (χ1) is 20.9. The van der Waals surface area contributed by atoms with Crippen LogP contribution < -0.4 is 4.90 Å². The third-order valence-corrected chi connectivity index (χ3v) is 9.86. The fourth-order valence-electron chi connectivity index (χ4n) is 7.65. The van der Waals surface area contributed by atoms with Gasteiger partial charge in [-0.1, -0.05) is 137 Å². The minimum atomic E-state index is -0.0691. The molecule has 0 saturated heterocycles. The van der Waals surface area contributed by atoms with Gasteiger partial charge in [-0.2, -0.15) is 0 Å². The summed E-state index contributed by atoms with van der Waals surface area (Å²) in [5.74, 6) is 0. The monoisotopic (exact) mass is 553 g/mol. The van der Waals surface area contributed by atoms with Crippen LogP contribution in [0, 0.1) is 0 Å². The zero-order valence-corrected chi connectivity index (χ0v) is 25.2. The summed E-state index contributed by atoms with van der Waals surface area (Å²) in [5, 5.41) is 0. The molecule has 0 radical (unpaired) electrons. The molecule has 0 fully saturated rings. The second-order valence-corrected chi connectivity index (χ2v) is 13.0. The van der Waals surface area contributed by atoms with E-state index in [0.29, 0.717) is 0 Å². The third kappa shape index (κ3) is 3.78. The van der Waals surface area contributed by atoms with E-state index in [1.165, 1.54) is 67.0 Å². The van der Waals surface area contributed by atoms with Crippen molar-refractivity contribution in [1.82, 2.24) is 0 Å². The van der Waals surface area contributed by atoms with E-state index >= 15 is 0 Å². The van der Waals surface area contributed by atoms with Crippen LogP contribution in [0.15, 0.2) is 140 Å². The fraction of sp³-hybridized carbons (Fsp3) is 0.143. The average molecular weight is 554 g/mol. The number of rotatable bonds is 4. The lowest BCUT2D eigenvalue weighted by Crippen LogP contribution is -2.16. The topological polar surface area (TPSA) is 3.24 Å². The predicted octanol–water partition coefficient (Wildman–Crippen LogP) is 11.4. The van der Waals surface area contributed by atoms with Crippen molar-refractivity contribution in [1.29, 1.82) is 0 Å². The van der Waals surface area contributed by atoms with Crippen LogP contribution in [0.5, 0.6) is 0 Å². The van der Waals surface area contributed by atoms with Crippen LogP contribution in [0.2, 0.25) is 0 Å². The molecule has 0 spiro atoms. The number of benzene rings is 6. The average Bonchev–Trinajstić information content (AvgIpc) is 3.42. The Bertz CT molecular complexity index is 2030. The molecule has 0 atom stereocenters. The van der Waals surface area contributed by atoms with Crippen molar-refractivity contribution in [3.63, 3.8) is 0 Å². The van der Waals surface area contributed by atoms with Gasteiger partial charge in [-0.15, -0.1) is 0 Å². The van der Waals surface area contributed by atoms with Gasteiger partial charge in [0.05, 0.1) is 5.69 Å². The van der Waals surface area contributed by atoms with Crippen LogP contribution in [-0.2, 0) is 10.8 Å². The normalized spacial score (nSPS) is 14.9. The first-order valence-corrected chi connectivity index (χ1v) is 15.3. The highest BCUT2D eigenvalue weighted by Crippen LogP contribution is 2.55. The maximum atomic E-state index is 2.48. The molecular weight excluding hydrogens is 518 g/mol. The van der Waals surface area contributed by atoms with Gasteiger partial charge in [0.15, 0.2) is 0 Å². The zero-order chi connectivity index (χ0) is 29.3. The molecule has 2 aliphatic rings. The molecule has 0 saturated carbocycles. The van der Waals surface area contributed by atoms with Crippen LogP contribution >= 0.6 is 0 Å². The molecule has 6 aromatic rings. The van der Waals surface area contributed by atoms with Crippen LogP contribution in [0.4, 0.5) is 17.1 Å². The summed E-state index contributed by atoms with van der Waals surface area (Å²) in [5.41, 5.74) is 16.8. The van der Waals surface area contributed by atoms with Crippen LogP contribution in [0.25, 0.3) is 33.4 Å². The Morgan fingerprint density at radius 1 is 0.395 bits per heavy atom. The Hall–Kier alpha value is -4.88. The lowest BCUT2D eigenvalue weighted by molar-refractivity contribution is 0.660. The first kappa shape index (κ1) is 25.8. The highest BCUT2D eigenvalue weighted by molar-refractivity contribution is 5.96. The summed E-state index contributed by atoms with van der Waals surface area (Å²) < 4.78 is 0. The molecule has 1 nitrogen and oxygen atoms in total. The van der Waals surface area contributed by atoms with E-state index < -0.39 is 0 Å². The van der Waals surface area contributed by atoms with E-state index in [4.69, 9.17) is 0 Å². The number of fused-ring (bicyclic) bond motifs is 6. The maximum absolute atomic E-state index is 2.48. The number of hydrogen-bond acceptors (Lipinski definition) is 1. The van der Waals surface area contributed by atoms with E-state index in [-0.39, 0.29) is 10.8 Å². The summed E-state index contributed by atoms with van der Waals surface area (Å²) in [6.07, 6.45) is 0. The SMILES string of the molecule is CC1(C)c2ccccc2-c2cc(N(c3cccc(-c4ccccc4)c3)c3cccc4c3-c3ccccc3C4(C)C)ccc21. The van der Waals surface area contributed by atoms with E-state index in [1.807, 2.05) is 0 Å². The van der Waals surface area contributed by atoms with Gasteiger partial charge < -0.3 is 4.90 Å². The third-order valence-electron chi connectivity index (χ3n) is 9.86. The lowest BCUT2D eigenvalue weighted by atomic mass is 9.82. The zero-order valence-electron chi connectivity index (χ0n) is 25.2. The first-order valence-electron chi connectivity index (χ1n) is 15.3. The Morgan fingerprint density at radius 3 is 1.74 bits per heavy atom. The molecule has 208 valence electrons. The van der Waals surface area contributed by atoms with Gasteiger partial charge in [0.25, 0.3) is 0 Å². The minimum absolute atomic E-state index is 0.0283. The summed E-state index contributed by atoms with van der Waals surface area (Å²) in [7, 11) is 0. The Labute approximate surface area is 255 Å². The molecule has 1 heteroatoms. The van der Waals surface area contributed by atoms with Crippen molar-refractivity contribution in [2.45, 2.75) is 38.5 Å². The van der Waals surface area contributed by atoms with E-state index in [2.05, 4.69) is 172 Å². The van der Waals surface area contributed by atoms with Crippen molar-refractivity contribution in [2.24, 2.45) is 0 Å². The van der Waals surface area contributed by atoms with Gasteiger partial charge in [-0.25, -0.2) is 0 Å². The molecular formula is C42H35N. The van der Waals surface area contributed by atoms with Gasteiger partial charge in [0.2, 0.25) is 0 Å². The Kier molecular flexibility index (Phi) is 5.59. The number of hydrogen-bond donors (Lipinski definition) is 0. The van der Waals surface area contributed by atoms with E-state index in [0.717, 1.165) is 5.69 Å². The van der Waals surface area contributed by atoms with Gasteiger partial charge >= 0.3 is 0 Å². The van der Waals surface area contributed by atoms with Crippen molar-refractivity contribution >= 4 is 17.1 Å². The molecule has 0 N–H and O–H groups in total. The van der Waals surface area contributed by atoms with Gasteiger partial charge in [0, 0.05) is 27.8 Å². The van der Waals surface area contributed by atoms with Crippen LogP contribution in [0.1, 0.15) is 49.9 Å². The summed E-state index contributed by atoms with van der Waals surface area (Å²) >= 11 is 0. The largest absolute Gasteiger partial charge is 0.310 e. The highest BCUT2D eigenvalue weighted by Gasteiger charge is 2.39. The molecule has 0 amide bonds. The smallest absolute Gasteiger partial charge is 0.0543 e. The highest BCUT2D eigenvalue weighted by atomic mass is 15.1. The fourth-order valence-corrected chi connectivity index (χ4v) is 7.65. The minimum Gasteiger partial charge on any atom is -0.310 e. The summed E-state index contributed by atoms with van der Waals surface area (Å²) in [6, 6.07) is 51.5. The van der Waals surface area contributed by atoms with Crippen molar-refractivity contribution in [2.75, 3.05) is 4.90 Å². The number of anilines is 3. The summed E-state index contributed by atoms with van der Waals surface area (Å²) in [4.78, 5) is 2.48. The molecule has 0 aromatic heterocycles. The standard InChI is InChI=1S/C42H35N/c1-41(2)35-20-10-8-18-32(35)34-27-31(24-25-37(34)41)43(30-17-12-16-29(26-30)28-14-6-5-7-15-28)39-23-13-22-38-40(39)33-19-9-11-21-36(33)42(38,3)4/h5-27H,1-4H3. The van der Waals surface area contributed by atoms with Crippen molar-refractivity contribution in [3.8, 4) is 33.4 Å². The Balaban J connectivity index is 1.40. The van der Waals surface area contributed by atoms with Gasteiger partial charge in [0.1, 0.15) is 0 Å². The number of nitrogens with zero attached hydrogens (tertiary/aromatic N) is 1. The summed E-state index contributed by atoms with van der Waals surface area (Å²) in [6.45, 7) is 9.41. The van der Waals surface area contributed by atoms with Crippen molar-refractivity contribution in [3.05, 3.63) is 162 Å². The molecule has 0 heterocycles. The molecule has 8 rings (SSSR count). The van der Waals surface area contributed by atoms with E-state index in [9.17, 15) is 0 Å². The predicted molar refractivity (Wildman–Crippen MR) is 182 cm³/mol. The molecule has 0 unspecified atom stereocenters. The lowest BCUT2D eigenvalue weighted by Gasteiger charge is -2.30. The van der Waals surface area contributed by atoms with Crippen molar-refractivity contribution < 1.29 is 0 Å². The maximum Gasteiger partial charge on any atom is 0.0543 e. The van der Waals surface area contributed by atoms with Gasteiger partial charge in [-0.3, -0.25) is 0 Å². The molecule has 6 aromatic carbocycles. The molecule has 2 aliphatic carbocycles. The van der Waals surface area contributed by atoms with Crippen LogP contribution in [-0.4, -0.2) is 0 Å². The van der Waals surface area contributed by atoms with Crippen LogP contribution in [0.3, 0.4) is 0 Å². The van der Waals surface area contributed by atoms with E-state index in [1.54, 1.807) is 0 Å². The molecule has 0 bridgehead atoms. The molecule has 0 aliphatic heterocycles. The molecule has 43 heavy (non-hydrogen) atoms. The van der Waals surface area contributed by atoms with Gasteiger partial charge in [-0.05, 0) is 80.4 Å². The second-order valence-electron chi connectivity index (χ2n) is 13.0. The quantitative estimate of drug-likeness (QED) is 0.210.